The first-order chi connectivity index (χ1) is 14.5. The van der Waals surface area contributed by atoms with Gasteiger partial charge in [-0.1, -0.05) is 23.8 Å². The zero-order valence-electron chi connectivity index (χ0n) is 17.7. The van der Waals surface area contributed by atoms with Gasteiger partial charge in [-0.2, -0.15) is 0 Å². The second-order valence-corrected chi connectivity index (χ2v) is 7.98. The molecule has 30 heavy (non-hydrogen) atoms. The topological polar surface area (TPSA) is 64.8 Å². The number of aryl methyl sites for hydroxylation is 1. The summed E-state index contributed by atoms with van der Waals surface area (Å²) in [5.74, 6) is 2.31. The highest BCUT2D eigenvalue weighted by atomic mass is 16.5. The van der Waals surface area contributed by atoms with Gasteiger partial charge in [-0.15, -0.1) is 10.2 Å². The largest absolute Gasteiger partial charge is 0.496 e. The van der Waals surface area contributed by atoms with Crippen LogP contribution < -0.4 is 9.64 Å². The van der Waals surface area contributed by atoms with Crippen molar-refractivity contribution in [3.63, 3.8) is 0 Å². The van der Waals surface area contributed by atoms with E-state index in [9.17, 15) is 0 Å². The van der Waals surface area contributed by atoms with Crippen LogP contribution in [-0.4, -0.2) is 52.0 Å². The van der Waals surface area contributed by atoms with Gasteiger partial charge in [-0.05, 0) is 45.0 Å². The number of fused-ring (bicyclic) bond motifs is 3. The predicted molar refractivity (Wildman–Crippen MR) is 117 cm³/mol. The van der Waals surface area contributed by atoms with Gasteiger partial charge in [0.2, 0.25) is 5.95 Å². The molecule has 0 amide bonds. The number of anilines is 1. The van der Waals surface area contributed by atoms with E-state index in [2.05, 4.69) is 58.5 Å². The van der Waals surface area contributed by atoms with Crippen molar-refractivity contribution >= 4 is 22.5 Å². The minimum Gasteiger partial charge on any atom is -0.496 e. The number of nitrogens with zero attached hydrogens (tertiary/aromatic N) is 5. The molecular formula is C23H25N5O2. The van der Waals surface area contributed by atoms with Gasteiger partial charge < -0.3 is 14.4 Å². The summed E-state index contributed by atoms with van der Waals surface area (Å²) in [6, 6.07) is 14.1. The number of hydrogen-bond acceptors (Lipinski definition) is 6. The minimum atomic E-state index is 0.116. The van der Waals surface area contributed by atoms with Gasteiger partial charge in [-0.25, -0.2) is 9.38 Å². The molecule has 154 valence electrons. The van der Waals surface area contributed by atoms with Gasteiger partial charge in [0.05, 0.1) is 30.4 Å². The van der Waals surface area contributed by atoms with Gasteiger partial charge in [0.1, 0.15) is 5.75 Å². The van der Waals surface area contributed by atoms with Crippen LogP contribution in [0.25, 0.3) is 27.9 Å². The van der Waals surface area contributed by atoms with Crippen molar-refractivity contribution in [2.45, 2.75) is 33.0 Å². The molecule has 0 spiro atoms. The van der Waals surface area contributed by atoms with Gasteiger partial charge in [-0.3, -0.25) is 0 Å². The molecule has 1 aliphatic heterocycles. The molecule has 3 heterocycles. The second-order valence-electron chi connectivity index (χ2n) is 7.98. The Hall–Kier alpha value is -3.19. The van der Waals surface area contributed by atoms with E-state index in [1.165, 1.54) is 0 Å². The van der Waals surface area contributed by atoms with E-state index in [-0.39, 0.29) is 12.2 Å². The molecule has 1 aliphatic rings. The Morgan fingerprint density at radius 3 is 2.57 bits per heavy atom. The third-order valence-electron chi connectivity index (χ3n) is 5.53. The minimum absolute atomic E-state index is 0.116. The summed E-state index contributed by atoms with van der Waals surface area (Å²) in [4.78, 5) is 7.33. The predicted octanol–water partition coefficient (Wildman–Crippen LogP) is 3.88. The smallest absolute Gasteiger partial charge is 0.213 e. The fourth-order valence-electron chi connectivity index (χ4n) is 4.29. The van der Waals surface area contributed by atoms with Crippen LogP contribution in [0.2, 0.25) is 0 Å². The van der Waals surface area contributed by atoms with E-state index in [1.54, 1.807) is 7.11 Å². The number of methoxy groups -OCH3 is 1. The number of para-hydroxylation sites is 1. The van der Waals surface area contributed by atoms with Gasteiger partial charge >= 0.3 is 0 Å². The van der Waals surface area contributed by atoms with Gasteiger partial charge in [0.15, 0.2) is 11.5 Å². The molecule has 0 saturated carbocycles. The molecule has 7 heteroatoms. The number of rotatable bonds is 3. The Morgan fingerprint density at radius 2 is 1.80 bits per heavy atom. The molecule has 1 fully saturated rings. The van der Waals surface area contributed by atoms with Crippen LogP contribution >= 0.6 is 0 Å². The van der Waals surface area contributed by atoms with E-state index >= 15 is 0 Å². The third-order valence-corrected chi connectivity index (χ3v) is 5.53. The summed E-state index contributed by atoms with van der Waals surface area (Å²) in [5, 5.41) is 10.2. The molecule has 1 saturated heterocycles. The molecule has 0 radical (unpaired) electrons. The standard InChI is InChI=1S/C23H25N5O2/c1-14-9-10-19-18(11-14)22-26-25-21(17-7-5-6-8-20(17)29-4)28(22)23(24-19)27-12-15(2)30-16(3)13-27/h5-11,15-16H,12-13H2,1-4H3/t15-,16-/m0/s1. The second kappa shape index (κ2) is 7.25. The normalized spacial score (nSPS) is 19.5. The van der Waals surface area contributed by atoms with E-state index in [0.29, 0.717) is 0 Å². The Labute approximate surface area is 175 Å². The van der Waals surface area contributed by atoms with Crippen molar-refractivity contribution in [1.29, 1.82) is 0 Å². The van der Waals surface area contributed by atoms with Crippen LogP contribution in [0.5, 0.6) is 5.75 Å². The van der Waals surface area contributed by atoms with Crippen LogP contribution in [0.1, 0.15) is 19.4 Å². The lowest BCUT2D eigenvalue weighted by Gasteiger charge is -2.36. The molecule has 0 aliphatic carbocycles. The maximum Gasteiger partial charge on any atom is 0.213 e. The van der Waals surface area contributed by atoms with Crippen LogP contribution in [0.3, 0.4) is 0 Å². The van der Waals surface area contributed by atoms with Crippen molar-refractivity contribution in [1.82, 2.24) is 19.6 Å². The van der Waals surface area contributed by atoms with E-state index < -0.39 is 0 Å². The summed E-state index contributed by atoms with van der Waals surface area (Å²) >= 11 is 0. The molecule has 5 rings (SSSR count). The molecule has 0 bridgehead atoms. The fourth-order valence-corrected chi connectivity index (χ4v) is 4.29. The number of hydrogen-bond donors (Lipinski definition) is 0. The van der Waals surface area contributed by atoms with Crippen LogP contribution in [0.15, 0.2) is 42.5 Å². The molecule has 0 N–H and O–H groups in total. The first-order valence-electron chi connectivity index (χ1n) is 10.2. The Kier molecular flexibility index (Phi) is 4.55. The SMILES string of the molecule is COc1ccccc1-c1nnc2c3cc(C)ccc3nc(N3C[C@H](C)O[C@@H](C)C3)n12. The molecule has 0 unspecified atom stereocenters. The highest BCUT2D eigenvalue weighted by Gasteiger charge is 2.28. The fraction of sp³-hybridized carbons (Fsp3) is 0.348. The number of aromatic nitrogens is 4. The van der Waals surface area contributed by atoms with Crippen LogP contribution in [-0.2, 0) is 4.74 Å². The number of benzene rings is 2. The van der Waals surface area contributed by atoms with Crippen molar-refractivity contribution in [3.05, 3.63) is 48.0 Å². The quantitative estimate of drug-likeness (QED) is 0.517. The maximum atomic E-state index is 5.96. The maximum absolute atomic E-state index is 5.96. The lowest BCUT2D eigenvalue weighted by atomic mass is 10.1. The Morgan fingerprint density at radius 1 is 1.03 bits per heavy atom. The number of ether oxygens (including phenoxy) is 2. The molecule has 7 nitrogen and oxygen atoms in total. The Bertz CT molecular complexity index is 1230. The molecule has 2 aromatic carbocycles. The molecular weight excluding hydrogens is 378 g/mol. The van der Waals surface area contributed by atoms with Crippen molar-refractivity contribution in [3.8, 4) is 17.1 Å². The summed E-state index contributed by atoms with van der Waals surface area (Å²) in [6.07, 6.45) is 0.232. The average Bonchev–Trinajstić information content (AvgIpc) is 3.18. The Balaban J connectivity index is 1.82. The van der Waals surface area contributed by atoms with E-state index in [4.69, 9.17) is 14.5 Å². The first-order valence-corrected chi connectivity index (χ1v) is 10.2. The lowest BCUT2D eigenvalue weighted by Crippen LogP contribution is -2.46. The number of morpholine rings is 1. The summed E-state index contributed by atoms with van der Waals surface area (Å²) in [6.45, 7) is 7.78. The van der Waals surface area contributed by atoms with Crippen LogP contribution in [0.4, 0.5) is 5.95 Å². The van der Waals surface area contributed by atoms with Gasteiger partial charge in [0.25, 0.3) is 0 Å². The highest BCUT2D eigenvalue weighted by molar-refractivity contribution is 5.94. The average molecular weight is 403 g/mol. The van der Waals surface area contributed by atoms with E-state index in [1.807, 2.05) is 24.3 Å². The zero-order valence-corrected chi connectivity index (χ0v) is 17.7. The van der Waals surface area contributed by atoms with Crippen molar-refractivity contribution in [2.24, 2.45) is 0 Å². The lowest BCUT2D eigenvalue weighted by molar-refractivity contribution is -0.00576. The molecule has 2 aromatic heterocycles. The van der Waals surface area contributed by atoms with Crippen LogP contribution in [0, 0.1) is 6.92 Å². The molecule has 4 aromatic rings. The third kappa shape index (κ3) is 3.06. The first kappa shape index (κ1) is 18.8. The van der Waals surface area contributed by atoms with Crippen molar-refractivity contribution < 1.29 is 9.47 Å². The van der Waals surface area contributed by atoms with E-state index in [0.717, 1.165) is 58.3 Å². The molecule has 2 atom stereocenters. The van der Waals surface area contributed by atoms with Crippen molar-refractivity contribution in [2.75, 3.05) is 25.1 Å². The monoisotopic (exact) mass is 403 g/mol. The zero-order chi connectivity index (χ0) is 20.8. The van der Waals surface area contributed by atoms with Gasteiger partial charge in [0, 0.05) is 18.5 Å². The summed E-state index contributed by atoms with van der Waals surface area (Å²) in [5.41, 5.74) is 3.76. The highest BCUT2D eigenvalue weighted by Crippen LogP contribution is 2.33. The summed E-state index contributed by atoms with van der Waals surface area (Å²) < 4.78 is 13.6. The summed E-state index contributed by atoms with van der Waals surface area (Å²) in [7, 11) is 1.67.